The second-order valence-electron chi connectivity index (χ2n) is 4.74. The smallest absolute Gasteiger partial charge is 0.254 e. The van der Waals surface area contributed by atoms with Crippen LogP contribution in [0.25, 0.3) is 5.78 Å². The number of benzene rings is 1. The van der Waals surface area contributed by atoms with Gasteiger partial charge < -0.3 is 5.32 Å². The molecule has 102 valence electrons. The number of anilines is 2. The molecular weight excluding hydrogens is 250 g/mol. The zero-order valence-corrected chi connectivity index (χ0v) is 11.9. The number of aromatic nitrogens is 4. The third-order valence-electron chi connectivity index (χ3n) is 3.29. The van der Waals surface area contributed by atoms with Crippen LogP contribution in [-0.2, 0) is 6.42 Å². The first-order valence-electron chi connectivity index (χ1n) is 6.74. The molecule has 0 amide bonds. The van der Waals surface area contributed by atoms with E-state index in [1.54, 1.807) is 4.52 Å². The fourth-order valence-corrected chi connectivity index (χ4v) is 2.35. The largest absolute Gasteiger partial charge is 0.340 e. The minimum absolute atomic E-state index is 0.635. The highest BCUT2D eigenvalue weighted by Crippen LogP contribution is 2.23. The molecule has 5 nitrogen and oxygen atoms in total. The van der Waals surface area contributed by atoms with Crippen molar-refractivity contribution in [1.29, 1.82) is 0 Å². The quantitative estimate of drug-likeness (QED) is 0.792. The summed E-state index contributed by atoms with van der Waals surface area (Å²) in [5.41, 5.74) is 3.18. The number of nitrogens with zero attached hydrogens (tertiary/aromatic N) is 4. The molecule has 0 saturated heterocycles. The van der Waals surface area contributed by atoms with E-state index < -0.39 is 0 Å². The second kappa shape index (κ2) is 4.92. The van der Waals surface area contributed by atoms with E-state index in [1.807, 2.05) is 44.2 Å². The van der Waals surface area contributed by atoms with Crippen molar-refractivity contribution in [3.63, 3.8) is 0 Å². The molecule has 0 saturated carbocycles. The third kappa shape index (κ3) is 2.11. The van der Waals surface area contributed by atoms with Gasteiger partial charge in [-0.05, 0) is 32.4 Å². The third-order valence-corrected chi connectivity index (χ3v) is 3.29. The van der Waals surface area contributed by atoms with Crippen molar-refractivity contribution in [2.45, 2.75) is 27.2 Å². The van der Waals surface area contributed by atoms with Crippen LogP contribution in [-0.4, -0.2) is 19.6 Å². The fraction of sp³-hybridized carbons (Fsp3) is 0.267. The number of fused-ring (bicyclic) bond motifs is 1. The summed E-state index contributed by atoms with van der Waals surface area (Å²) in [6.07, 6.45) is 0.892. The van der Waals surface area contributed by atoms with E-state index in [-0.39, 0.29) is 0 Å². The van der Waals surface area contributed by atoms with Gasteiger partial charge in [-0.1, -0.05) is 25.1 Å². The number of para-hydroxylation sites is 1. The van der Waals surface area contributed by atoms with Crippen molar-refractivity contribution in [1.82, 2.24) is 19.6 Å². The summed E-state index contributed by atoms with van der Waals surface area (Å²) >= 11 is 0. The normalized spacial score (nSPS) is 10.9. The number of aryl methyl sites for hydroxylation is 2. The van der Waals surface area contributed by atoms with E-state index in [4.69, 9.17) is 0 Å². The molecule has 20 heavy (non-hydrogen) atoms. The first-order chi connectivity index (χ1) is 9.69. The Bertz CT molecular complexity index is 746. The predicted octanol–water partition coefficient (Wildman–Crippen LogP) is 3.05. The first-order valence-corrected chi connectivity index (χ1v) is 6.74. The highest BCUT2D eigenvalue weighted by molar-refractivity contribution is 5.62. The zero-order chi connectivity index (χ0) is 14.1. The second-order valence-corrected chi connectivity index (χ2v) is 4.74. The molecule has 0 aliphatic rings. The topological polar surface area (TPSA) is 55.1 Å². The maximum atomic E-state index is 4.52. The van der Waals surface area contributed by atoms with Gasteiger partial charge in [0, 0.05) is 16.9 Å². The Labute approximate surface area is 117 Å². The van der Waals surface area contributed by atoms with Crippen LogP contribution in [0, 0.1) is 13.8 Å². The molecule has 3 aromatic rings. The number of hydrogen-bond donors (Lipinski definition) is 1. The first kappa shape index (κ1) is 12.6. The Morgan fingerprint density at radius 2 is 1.85 bits per heavy atom. The summed E-state index contributed by atoms with van der Waals surface area (Å²) in [6.45, 7) is 6.01. The van der Waals surface area contributed by atoms with E-state index >= 15 is 0 Å². The van der Waals surface area contributed by atoms with Crippen molar-refractivity contribution in [3.8, 4) is 0 Å². The average molecular weight is 267 g/mol. The Hall–Kier alpha value is -2.43. The van der Waals surface area contributed by atoms with Gasteiger partial charge in [0.1, 0.15) is 11.6 Å². The fourth-order valence-electron chi connectivity index (χ4n) is 2.35. The monoisotopic (exact) mass is 267 g/mol. The molecule has 0 bridgehead atoms. The molecule has 0 spiro atoms. The highest BCUT2D eigenvalue weighted by Gasteiger charge is 2.14. The molecule has 3 rings (SSSR count). The van der Waals surface area contributed by atoms with Crippen LogP contribution in [0.2, 0.25) is 0 Å². The lowest BCUT2D eigenvalue weighted by Crippen LogP contribution is -2.08. The van der Waals surface area contributed by atoms with E-state index in [1.165, 1.54) is 0 Å². The molecule has 0 radical (unpaired) electrons. The number of nitrogens with one attached hydrogen (secondary N) is 1. The van der Waals surface area contributed by atoms with Gasteiger partial charge in [0.2, 0.25) is 0 Å². The SMILES string of the molecule is CCc1c(C)nc2nc(C)nn2c1Nc1ccccc1. The van der Waals surface area contributed by atoms with E-state index in [2.05, 4.69) is 27.3 Å². The summed E-state index contributed by atoms with van der Waals surface area (Å²) in [4.78, 5) is 8.87. The maximum absolute atomic E-state index is 4.52. The zero-order valence-electron chi connectivity index (χ0n) is 11.9. The van der Waals surface area contributed by atoms with Gasteiger partial charge in [-0.25, -0.2) is 4.98 Å². The Morgan fingerprint density at radius 1 is 1.10 bits per heavy atom. The van der Waals surface area contributed by atoms with Crippen LogP contribution in [0.1, 0.15) is 24.0 Å². The minimum atomic E-state index is 0.635. The molecule has 1 aromatic carbocycles. The number of rotatable bonds is 3. The van der Waals surface area contributed by atoms with Crippen molar-refractivity contribution in [3.05, 3.63) is 47.4 Å². The van der Waals surface area contributed by atoms with Gasteiger partial charge in [-0.15, -0.1) is 5.10 Å². The number of hydrogen-bond acceptors (Lipinski definition) is 4. The van der Waals surface area contributed by atoms with Crippen LogP contribution in [0.4, 0.5) is 11.5 Å². The van der Waals surface area contributed by atoms with Crippen molar-refractivity contribution in [2.75, 3.05) is 5.32 Å². The van der Waals surface area contributed by atoms with Crippen LogP contribution >= 0.6 is 0 Å². The molecular formula is C15H17N5. The van der Waals surface area contributed by atoms with Crippen molar-refractivity contribution >= 4 is 17.3 Å². The molecule has 0 aliphatic carbocycles. The molecule has 0 unspecified atom stereocenters. The Morgan fingerprint density at radius 3 is 2.55 bits per heavy atom. The van der Waals surface area contributed by atoms with Gasteiger partial charge in [0.05, 0.1) is 0 Å². The van der Waals surface area contributed by atoms with Crippen molar-refractivity contribution < 1.29 is 0 Å². The Balaban J connectivity index is 2.20. The lowest BCUT2D eigenvalue weighted by atomic mass is 10.1. The minimum Gasteiger partial charge on any atom is -0.340 e. The van der Waals surface area contributed by atoms with E-state index in [0.717, 1.165) is 35.0 Å². The average Bonchev–Trinajstić information content (AvgIpc) is 2.80. The van der Waals surface area contributed by atoms with Crippen molar-refractivity contribution in [2.24, 2.45) is 0 Å². The van der Waals surface area contributed by atoms with Gasteiger partial charge in [0.15, 0.2) is 0 Å². The Kier molecular flexibility index (Phi) is 3.10. The molecule has 0 atom stereocenters. The molecule has 5 heteroatoms. The van der Waals surface area contributed by atoms with E-state index in [9.17, 15) is 0 Å². The van der Waals surface area contributed by atoms with Crippen LogP contribution < -0.4 is 5.32 Å². The van der Waals surface area contributed by atoms with Gasteiger partial charge in [-0.2, -0.15) is 9.50 Å². The standard InChI is InChI=1S/C15H17N5/c1-4-13-10(2)16-15-17-11(3)19-20(15)14(13)18-12-8-6-5-7-9-12/h5-9,18H,4H2,1-3H3. The summed E-state index contributed by atoms with van der Waals surface area (Å²) in [6, 6.07) is 10.1. The van der Waals surface area contributed by atoms with Crippen LogP contribution in [0.5, 0.6) is 0 Å². The highest BCUT2D eigenvalue weighted by atomic mass is 15.4. The van der Waals surface area contributed by atoms with E-state index in [0.29, 0.717) is 5.78 Å². The van der Waals surface area contributed by atoms with Crippen LogP contribution in [0.15, 0.2) is 30.3 Å². The van der Waals surface area contributed by atoms with Gasteiger partial charge >= 0.3 is 0 Å². The molecule has 0 fully saturated rings. The summed E-state index contributed by atoms with van der Waals surface area (Å²) < 4.78 is 1.79. The maximum Gasteiger partial charge on any atom is 0.254 e. The lowest BCUT2D eigenvalue weighted by molar-refractivity contribution is 0.890. The molecule has 0 aliphatic heterocycles. The van der Waals surface area contributed by atoms with Crippen LogP contribution in [0.3, 0.4) is 0 Å². The van der Waals surface area contributed by atoms with Gasteiger partial charge in [-0.3, -0.25) is 0 Å². The summed E-state index contributed by atoms with van der Waals surface area (Å²) in [5.74, 6) is 2.30. The molecule has 2 aromatic heterocycles. The predicted molar refractivity (Wildman–Crippen MR) is 79.4 cm³/mol. The lowest BCUT2D eigenvalue weighted by Gasteiger charge is -2.14. The molecule has 2 heterocycles. The van der Waals surface area contributed by atoms with Gasteiger partial charge in [0.25, 0.3) is 5.78 Å². The summed E-state index contributed by atoms with van der Waals surface area (Å²) in [5, 5.41) is 7.88. The molecule has 1 N–H and O–H groups in total. The summed E-state index contributed by atoms with van der Waals surface area (Å²) in [7, 11) is 0.